The first kappa shape index (κ1) is 25.3. The van der Waals surface area contributed by atoms with Gasteiger partial charge in [-0.25, -0.2) is 9.97 Å². The van der Waals surface area contributed by atoms with E-state index in [-0.39, 0.29) is 11.9 Å². The minimum absolute atomic E-state index is 0.210. The molecule has 3 fully saturated rings. The molecule has 1 aliphatic heterocycles. The molecule has 0 amide bonds. The van der Waals surface area contributed by atoms with Crippen LogP contribution >= 0.6 is 0 Å². The predicted molar refractivity (Wildman–Crippen MR) is 153 cm³/mol. The lowest BCUT2D eigenvalue weighted by molar-refractivity contribution is 0.111. The SMILES string of the molecule is CC1CCCN(c2nc3nc(C=O)nc(NC(C)C4CCC4)c3n2CC2CCCCC2)C1c1ccccc1. The lowest BCUT2D eigenvalue weighted by Crippen LogP contribution is -2.40. The molecular weight excluding hydrogens is 472 g/mol. The number of rotatable bonds is 8. The molecule has 3 heterocycles. The van der Waals surface area contributed by atoms with E-state index in [1.807, 2.05) is 0 Å². The van der Waals surface area contributed by atoms with Gasteiger partial charge in [0.1, 0.15) is 5.52 Å². The number of carbonyl (C=O) groups is 1. The number of anilines is 2. The van der Waals surface area contributed by atoms with E-state index in [1.165, 1.54) is 63.4 Å². The molecule has 0 spiro atoms. The lowest BCUT2D eigenvalue weighted by Gasteiger charge is -2.41. The average Bonchev–Trinajstić information content (AvgIpc) is 3.26. The normalized spacial score (nSPS) is 23.8. The second-order valence-electron chi connectivity index (χ2n) is 12.0. The molecule has 1 N–H and O–H groups in total. The van der Waals surface area contributed by atoms with E-state index in [0.29, 0.717) is 29.4 Å². The minimum Gasteiger partial charge on any atom is -0.365 e. The summed E-state index contributed by atoms with van der Waals surface area (Å²) in [5, 5.41) is 3.72. The van der Waals surface area contributed by atoms with Crippen LogP contribution in [0.1, 0.15) is 100 Å². The summed E-state index contributed by atoms with van der Waals surface area (Å²) in [5.41, 5.74) is 2.95. The summed E-state index contributed by atoms with van der Waals surface area (Å²) < 4.78 is 2.42. The Morgan fingerprint density at radius 1 is 0.974 bits per heavy atom. The second-order valence-corrected chi connectivity index (χ2v) is 12.0. The molecule has 2 saturated carbocycles. The summed E-state index contributed by atoms with van der Waals surface area (Å²) in [5.74, 6) is 3.76. The van der Waals surface area contributed by atoms with Crippen LogP contribution < -0.4 is 10.2 Å². The molecular formula is C31H42N6O. The number of nitrogens with zero attached hydrogens (tertiary/aromatic N) is 5. The van der Waals surface area contributed by atoms with Gasteiger partial charge in [0.25, 0.3) is 0 Å². The van der Waals surface area contributed by atoms with Crippen LogP contribution in [0.15, 0.2) is 30.3 Å². The molecule has 0 radical (unpaired) electrons. The number of benzene rings is 1. The van der Waals surface area contributed by atoms with Crippen molar-refractivity contribution in [1.82, 2.24) is 19.5 Å². The van der Waals surface area contributed by atoms with Gasteiger partial charge in [-0.1, -0.05) is 62.9 Å². The lowest BCUT2D eigenvalue weighted by atomic mass is 9.80. The van der Waals surface area contributed by atoms with Crippen molar-refractivity contribution in [3.63, 3.8) is 0 Å². The zero-order valence-electron chi connectivity index (χ0n) is 23.0. The number of aromatic nitrogens is 4. The summed E-state index contributed by atoms with van der Waals surface area (Å²) in [4.78, 5) is 29.0. The van der Waals surface area contributed by atoms with Gasteiger partial charge in [-0.3, -0.25) is 4.79 Å². The third-order valence-electron chi connectivity index (χ3n) is 9.42. The van der Waals surface area contributed by atoms with Crippen molar-refractivity contribution < 1.29 is 4.79 Å². The molecule has 3 aromatic rings. The number of aldehydes is 1. The van der Waals surface area contributed by atoms with Crippen molar-refractivity contribution in [3.8, 4) is 0 Å². The molecule has 3 aliphatic rings. The Morgan fingerprint density at radius 2 is 1.76 bits per heavy atom. The Balaban J connectivity index is 1.48. The molecule has 1 saturated heterocycles. The molecule has 202 valence electrons. The number of hydrogen-bond acceptors (Lipinski definition) is 6. The van der Waals surface area contributed by atoms with E-state index in [1.54, 1.807) is 0 Å². The van der Waals surface area contributed by atoms with Crippen molar-refractivity contribution in [2.45, 2.75) is 96.7 Å². The quantitative estimate of drug-likeness (QED) is 0.333. The van der Waals surface area contributed by atoms with Crippen LogP contribution in [0.2, 0.25) is 0 Å². The maximum atomic E-state index is 11.9. The monoisotopic (exact) mass is 514 g/mol. The summed E-state index contributed by atoms with van der Waals surface area (Å²) >= 11 is 0. The van der Waals surface area contributed by atoms with Crippen LogP contribution in [0.25, 0.3) is 11.2 Å². The van der Waals surface area contributed by atoms with E-state index < -0.39 is 0 Å². The fourth-order valence-electron chi connectivity index (χ4n) is 7.06. The molecule has 0 bridgehead atoms. The zero-order chi connectivity index (χ0) is 26.1. The number of hydrogen-bond donors (Lipinski definition) is 1. The largest absolute Gasteiger partial charge is 0.365 e. The first-order chi connectivity index (χ1) is 18.6. The molecule has 6 rings (SSSR count). The van der Waals surface area contributed by atoms with Crippen molar-refractivity contribution in [3.05, 3.63) is 41.7 Å². The standard InChI is InChI=1S/C31H42N6O/c1-21-11-10-18-36(27(21)25-14-7-4-8-15-25)31-35-30-28(37(31)19-23-12-5-3-6-13-23)29(33-26(20-38)34-30)32-22(2)24-16-9-17-24/h4,7-8,14-15,20-24,27H,3,5-6,9-13,16-19H2,1-2H3,(H,32,33,34). The third-order valence-corrected chi connectivity index (χ3v) is 9.42. The van der Waals surface area contributed by atoms with Gasteiger partial charge in [0.2, 0.25) is 5.95 Å². The van der Waals surface area contributed by atoms with E-state index in [4.69, 9.17) is 9.97 Å². The highest BCUT2D eigenvalue weighted by Crippen LogP contribution is 2.41. The van der Waals surface area contributed by atoms with Crippen LogP contribution in [0, 0.1) is 17.8 Å². The van der Waals surface area contributed by atoms with Crippen molar-refractivity contribution in [2.24, 2.45) is 17.8 Å². The molecule has 7 heteroatoms. The van der Waals surface area contributed by atoms with Gasteiger partial charge in [0, 0.05) is 19.1 Å². The molecule has 1 aromatic carbocycles. The summed E-state index contributed by atoms with van der Waals surface area (Å²) in [6.07, 6.45) is 13.4. The molecule has 7 nitrogen and oxygen atoms in total. The summed E-state index contributed by atoms with van der Waals surface area (Å²) in [6.45, 7) is 6.51. The van der Waals surface area contributed by atoms with Gasteiger partial charge >= 0.3 is 0 Å². The van der Waals surface area contributed by atoms with E-state index in [0.717, 1.165) is 43.1 Å². The first-order valence-corrected chi connectivity index (χ1v) is 14.9. The van der Waals surface area contributed by atoms with E-state index in [9.17, 15) is 4.79 Å². The van der Waals surface area contributed by atoms with Crippen molar-refractivity contribution in [1.29, 1.82) is 0 Å². The number of imidazole rings is 1. The van der Waals surface area contributed by atoms with Crippen LogP contribution in [-0.4, -0.2) is 38.4 Å². The van der Waals surface area contributed by atoms with Gasteiger partial charge in [0.05, 0.1) is 6.04 Å². The number of fused-ring (bicyclic) bond motifs is 1. The predicted octanol–water partition coefficient (Wildman–Crippen LogP) is 6.80. The maximum absolute atomic E-state index is 11.9. The van der Waals surface area contributed by atoms with Crippen molar-refractivity contribution >= 4 is 29.2 Å². The number of carbonyl (C=O) groups excluding carboxylic acids is 1. The molecule has 3 unspecified atom stereocenters. The highest BCUT2D eigenvalue weighted by atomic mass is 16.1. The van der Waals surface area contributed by atoms with E-state index in [2.05, 4.69) is 63.9 Å². The third kappa shape index (κ3) is 4.92. The van der Waals surface area contributed by atoms with Gasteiger partial charge in [-0.05, 0) is 68.8 Å². The van der Waals surface area contributed by atoms with Gasteiger partial charge < -0.3 is 14.8 Å². The minimum atomic E-state index is 0.210. The van der Waals surface area contributed by atoms with Crippen LogP contribution in [0.3, 0.4) is 0 Å². The Morgan fingerprint density at radius 3 is 2.47 bits per heavy atom. The molecule has 2 aromatic heterocycles. The Labute approximate surface area is 226 Å². The smallest absolute Gasteiger partial charge is 0.208 e. The highest BCUT2D eigenvalue weighted by molar-refractivity contribution is 5.88. The van der Waals surface area contributed by atoms with Crippen LogP contribution in [0.4, 0.5) is 11.8 Å². The molecule has 38 heavy (non-hydrogen) atoms. The molecule has 2 aliphatic carbocycles. The van der Waals surface area contributed by atoms with Crippen molar-refractivity contribution in [2.75, 3.05) is 16.8 Å². The second kappa shape index (κ2) is 11.0. The zero-order valence-corrected chi connectivity index (χ0v) is 23.0. The van der Waals surface area contributed by atoms with E-state index >= 15 is 0 Å². The Hall–Kier alpha value is -2.96. The average molecular weight is 515 g/mol. The van der Waals surface area contributed by atoms with Gasteiger partial charge in [0.15, 0.2) is 23.6 Å². The highest BCUT2D eigenvalue weighted by Gasteiger charge is 2.35. The Kier molecular flexibility index (Phi) is 7.35. The molecule has 3 atom stereocenters. The summed E-state index contributed by atoms with van der Waals surface area (Å²) in [6, 6.07) is 11.5. The fourth-order valence-corrected chi connectivity index (χ4v) is 7.06. The van der Waals surface area contributed by atoms with Crippen LogP contribution in [-0.2, 0) is 6.54 Å². The Bertz CT molecular complexity index is 1250. The van der Waals surface area contributed by atoms with Gasteiger partial charge in [-0.2, -0.15) is 4.98 Å². The number of nitrogens with one attached hydrogen (secondary N) is 1. The summed E-state index contributed by atoms with van der Waals surface area (Å²) in [7, 11) is 0. The number of piperidine rings is 1. The topological polar surface area (TPSA) is 75.9 Å². The van der Waals surface area contributed by atoms with Gasteiger partial charge in [-0.15, -0.1) is 0 Å². The fraction of sp³-hybridized carbons (Fsp3) is 0.613. The van der Waals surface area contributed by atoms with Crippen LogP contribution in [0.5, 0.6) is 0 Å². The maximum Gasteiger partial charge on any atom is 0.208 e. The first-order valence-electron chi connectivity index (χ1n) is 14.9.